The van der Waals surface area contributed by atoms with E-state index in [2.05, 4.69) is 26.6 Å². The van der Waals surface area contributed by atoms with Crippen molar-refractivity contribution >= 4 is 62.5 Å². The van der Waals surface area contributed by atoms with Gasteiger partial charge in [-0.3, -0.25) is 10.1 Å². The second kappa shape index (κ2) is 6.43. The van der Waals surface area contributed by atoms with E-state index in [1.165, 1.54) is 6.08 Å². The summed E-state index contributed by atoms with van der Waals surface area (Å²) in [4.78, 5) is 33.0. The van der Waals surface area contributed by atoms with Crippen LogP contribution in [-0.4, -0.2) is 29.6 Å². The van der Waals surface area contributed by atoms with E-state index in [0.29, 0.717) is 19.4 Å². The molecule has 110 valence electrons. The van der Waals surface area contributed by atoms with Crippen LogP contribution in [0.4, 0.5) is 4.79 Å². The fourth-order valence-electron chi connectivity index (χ4n) is 1.58. The van der Waals surface area contributed by atoms with Gasteiger partial charge in [0.25, 0.3) is 5.91 Å². The average molecular weight is 467 g/mol. The predicted molar refractivity (Wildman–Crippen MR) is 84.6 cm³/mol. The molecule has 0 atom stereocenters. The molecule has 0 aliphatic carbocycles. The highest BCUT2D eigenvalue weighted by atomic mass is 127. The molecule has 0 saturated carbocycles. The summed E-state index contributed by atoms with van der Waals surface area (Å²) in [5, 5.41) is 13.1. The van der Waals surface area contributed by atoms with E-state index >= 15 is 0 Å². The van der Waals surface area contributed by atoms with Crippen LogP contribution in [0.15, 0.2) is 22.3 Å². The second-order valence-corrected chi connectivity index (χ2v) is 5.98. The number of hydrogen-bond acceptors (Lipinski definition) is 4. The number of imide groups is 1. The van der Waals surface area contributed by atoms with E-state index in [4.69, 9.17) is 9.84 Å². The first kappa shape index (κ1) is 15.8. The van der Waals surface area contributed by atoms with Crippen LogP contribution in [0.3, 0.4) is 0 Å². The highest BCUT2D eigenvalue weighted by molar-refractivity contribution is 14.1. The van der Waals surface area contributed by atoms with Crippen molar-refractivity contribution in [1.29, 1.82) is 0 Å². The number of benzene rings is 1. The lowest BCUT2D eigenvalue weighted by Crippen LogP contribution is -2.22. The third-order valence-corrected chi connectivity index (χ3v) is 3.78. The highest BCUT2D eigenvalue weighted by Gasteiger charge is 2.23. The normalized spacial score (nSPS) is 15.8. The van der Waals surface area contributed by atoms with Crippen LogP contribution in [0, 0.1) is 3.57 Å². The molecular formula is C12H8BrIN2O5. The summed E-state index contributed by atoms with van der Waals surface area (Å²) >= 11 is 5.27. The summed E-state index contributed by atoms with van der Waals surface area (Å²) in [5.74, 6) is -1.17. The minimum absolute atomic E-state index is 0.141. The fourth-order valence-corrected chi connectivity index (χ4v) is 3.35. The molecule has 1 heterocycles. The van der Waals surface area contributed by atoms with Crippen molar-refractivity contribution in [3.63, 3.8) is 0 Å². The molecule has 3 N–H and O–H groups in total. The van der Waals surface area contributed by atoms with Gasteiger partial charge in [0.05, 0.1) is 8.04 Å². The molecule has 1 aromatic carbocycles. The Bertz CT molecular complexity index is 651. The van der Waals surface area contributed by atoms with E-state index in [1.807, 2.05) is 22.6 Å². The highest BCUT2D eigenvalue weighted by Crippen LogP contribution is 2.32. The molecule has 1 aliphatic heterocycles. The Labute approximate surface area is 141 Å². The fraction of sp³-hybridized carbons (Fsp3) is 0.0833. The largest absolute Gasteiger partial charge is 0.480 e. The number of carboxylic acid groups (broad SMARTS) is 1. The Morgan fingerprint density at radius 3 is 2.62 bits per heavy atom. The zero-order chi connectivity index (χ0) is 15.6. The monoisotopic (exact) mass is 466 g/mol. The molecule has 3 amide bonds. The summed E-state index contributed by atoms with van der Waals surface area (Å²) in [5.41, 5.74) is 0.795. The first-order valence-electron chi connectivity index (χ1n) is 5.54. The molecule has 0 bridgehead atoms. The number of rotatable bonds is 4. The molecule has 9 heteroatoms. The summed E-state index contributed by atoms with van der Waals surface area (Å²) in [6.45, 7) is -0.451. The zero-order valence-electron chi connectivity index (χ0n) is 10.3. The van der Waals surface area contributed by atoms with E-state index in [-0.39, 0.29) is 5.70 Å². The van der Waals surface area contributed by atoms with Crippen LogP contribution in [0.5, 0.6) is 5.75 Å². The molecule has 1 saturated heterocycles. The number of carboxylic acids is 1. The topological polar surface area (TPSA) is 105 Å². The maximum Gasteiger partial charge on any atom is 0.341 e. The number of carbonyl (C=O) groups excluding carboxylic acids is 2. The van der Waals surface area contributed by atoms with Crippen molar-refractivity contribution in [1.82, 2.24) is 10.6 Å². The van der Waals surface area contributed by atoms with Crippen molar-refractivity contribution in [3.8, 4) is 5.75 Å². The third kappa shape index (κ3) is 3.94. The molecule has 2 rings (SSSR count). The van der Waals surface area contributed by atoms with E-state index in [0.717, 1.165) is 0 Å². The van der Waals surface area contributed by atoms with Gasteiger partial charge in [-0.2, -0.15) is 0 Å². The number of hydrogen-bond donors (Lipinski definition) is 3. The van der Waals surface area contributed by atoms with Gasteiger partial charge in [-0.15, -0.1) is 0 Å². The number of halogens is 2. The van der Waals surface area contributed by atoms with Crippen LogP contribution >= 0.6 is 38.5 Å². The maximum atomic E-state index is 11.4. The smallest absolute Gasteiger partial charge is 0.341 e. The maximum absolute atomic E-state index is 11.4. The van der Waals surface area contributed by atoms with Gasteiger partial charge in [-0.25, -0.2) is 9.59 Å². The SMILES string of the molecule is O=C(O)COc1c(Br)cc(C=C2NC(=O)NC2=O)cc1I. The summed E-state index contributed by atoms with van der Waals surface area (Å²) in [7, 11) is 0. The molecule has 0 radical (unpaired) electrons. The van der Waals surface area contributed by atoms with E-state index < -0.39 is 24.5 Å². The molecule has 1 aromatic rings. The average Bonchev–Trinajstić information content (AvgIpc) is 2.66. The Hall–Kier alpha value is -1.62. The number of carbonyl (C=O) groups is 3. The Morgan fingerprint density at radius 2 is 2.10 bits per heavy atom. The standard InChI is InChI=1S/C12H8BrIN2O5/c13-6-1-5(3-8-11(19)16-12(20)15-8)2-7(14)10(6)21-4-9(17)18/h1-3H,4H2,(H,17,18)(H2,15,16,19,20). The lowest BCUT2D eigenvalue weighted by molar-refractivity contribution is -0.139. The van der Waals surface area contributed by atoms with Crippen molar-refractivity contribution < 1.29 is 24.2 Å². The molecule has 1 aliphatic rings. The van der Waals surface area contributed by atoms with E-state index in [9.17, 15) is 14.4 Å². The van der Waals surface area contributed by atoms with Crippen LogP contribution in [0.1, 0.15) is 5.56 Å². The predicted octanol–water partition coefficient (Wildman–Crippen LogP) is 1.70. The van der Waals surface area contributed by atoms with Gasteiger partial charge in [0.2, 0.25) is 0 Å². The quantitative estimate of drug-likeness (QED) is 0.356. The third-order valence-electron chi connectivity index (χ3n) is 2.39. The number of ether oxygens (including phenoxy) is 1. The van der Waals surface area contributed by atoms with Gasteiger partial charge in [0.1, 0.15) is 11.4 Å². The number of aliphatic carboxylic acids is 1. The van der Waals surface area contributed by atoms with Crippen molar-refractivity contribution in [2.24, 2.45) is 0 Å². The van der Waals surface area contributed by atoms with Crippen LogP contribution in [0.2, 0.25) is 0 Å². The van der Waals surface area contributed by atoms with Gasteiger partial charge in [-0.1, -0.05) is 0 Å². The Morgan fingerprint density at radius 1 is 1.38 bits per heavy atom. The van der Waals surface area contributed by atoms with Crippen molar-refractivity contribution in [2.75, 3.05) is 6.61 Å². The summed E-state index contributed by atoms with van der Waals surface area (Å²) in [6, 6.07) is 2.79. The number of nitrogens with one attached hydrogen (secondary N) is 2. The molecule has 7 nitrogen and oxygen atoms in total. The molecule has 0 spiro atoms. The minimum Gasteiger partial charge on any atom is -0.480 e. The minimum atomic E-state index is -1.07. The van der Waals surface area contributed by atoms with Crippen molar-refractivity contribution in [3.05, 3.63) is 31.4 Å². The van der Waals surface area contributed by atoms with E-state index in [1.54, 1.807) is 12.1 Å². The van der Waals surface area contributed by atoms with Gasteiger partial charge in [-0.05, 0) is 62.3 Å². The zero-order valence-corrected chi connectivity index (χ0v) is 14.0. The van der Waals surface area contributed by atoms with Crippen LogP contribution in [-0.2, 0) is 9.59 Å². The molecular weight excluding hydrogens is 459 g/mol. The summed E-state index contributed by atoms with van der Waals surface area (Å²) in [6.07, 6.45) is 1.51. The lowest BCUT2D eigenvalue weighted by atomic mass is 10.2. The molecule has 1 fully saturated rings. The number of urea groups is 1. The second-order valence-electron chi connectivity index (χ2n) is 3.96. The molecule has 21 heavy (non-hydrogen) atoms. The lowest BCUT2D eigenvalue weighted by Gasteiger charge is -2.09. The van der Waals surface area contributed by atoms with Gasteiger partial charge in [0, 0.05) is 0 Å². The molecule has 0 unspecified atom stereocenters. The van der Waals surface area contributed by atoms with Gasteiger partial charge < -0.3 is 15.2 Å². The Kier molecular flexibility index (Phi) is 4.83. The van der Waals surface area contributed by atoms with Gasteiger partial charge in [0.15, 0.2) is 6.61 Å². The van der Waals surface area contributed by atoms with Crippen LogP contribution < -0.4 is 15.4 Å². The number of amides is 3. The van der Waals surface area contributed by atoms with Crippen LogP contribution in [0.25, 0.3) is 6.08 Å². The first-order chi connectivity index (χ1) is 9.86. The summed E-state index contributed by atoms with van der Waals surface area (Å²) < 4.78 is 6.38. The Balaban J connectivity index is 2.27. The first-order valence-corrected chi connectivity index (χ1v) is 7.41. The molecule has 0 aromatic heterocycles. The van der Waals surface area contributed by atoms with Gasteiger partial charge >= 0.3 is 12.0 Å². The van der Waals surface area contributed by atoms with Crippen molar-refractivity contribution in [2.45, 2.75) is 0 Å².